The van der Waals surface area contributed by atoms with E-state index in [1.54, 1.807) is 0 Å². The van der Waals surface area contributed by atoms with Gasteiger partial charge in [0.05, 0.1) is 11.2 Å². The predicted octanol–water partition coefficient (Wildman–Crippen LogP) is 1.90. The molecule has 1 aromatic heterocycles. The summed E-state index contributed by atoms with van der Waals surface area (Å²) in [5.74, 6) is -0.768. The zero-order chi connectivity index (χ0) is 11.7. The molecule has 0 spiro atoms. The van der Waals surface area contributed by atoms with Crippen LogP contribution in [0, 0.1) is 6.92 Å². The van der Waals surface area contributed by atoms with Crippen LogP contribution in [0.4, 0.5) is 0 Å². The summed E-state index contributed by atoms with van der Waals surface area (Å²) in [6, 6.07) is 5.93. The number of aromatic nitrogens is 2. The van der Waals surface area contributed by atoms with E-state index < -0.39 is 5.97 Å². The van der Waals surface area contributed by atoms with Gasteiger partial charge >= 0.3 is 5.97 Å². The summed E-state index contributed by atoms with van der Waals surface area (Å²) < 4.78 is 1.82. The van der Waals surface area contributed by atoms with Crippen molar-refractivity contribution in [2.75, 3.05) is 0 Å². The topological polar surface area (TPSA) is 55.1 Å². The Morgan fingerprint density at radius 3 is 2.94 bits per heavy atom. The van der Waals surface area contributed by atoms with Crippen LogP contribution < -0.4 is 0 Å². The monoisotopic (exact) mass is 218 g/mol. The molecule has 0 amide bonds. The lowest BCUT2D eigenvalue weighted by molar-refractivity contribution is -0.136. The van der Waals surface area contributed by atoms with Gasteiger partial charge in [-0.05, 0) is 18.9 Å². The van der Waals surface area contributed by atoms with E-state index in [2.05, 4.69) is 5.10 Å². The fourth-order valence-corrected chi connectivity index (χ4v) is 2.04. The van der Waals surface area contributed by atoms with E-state index in [-0.39, 0.29) is 6.42 Å². The minimum atomic E-state index is -0.768. The SMILES string of the molecule is Cc1nn(C)c2c(CCC(=O)O)cccc12. The minimum Gasteiger partial charge on any atom is -0.481 e. The maximum atomic E-state index is 10.6. The standard InChI is InChI=1S/C12H14N2O2/c1-8-10-5-3-4-9(6-7-11(15)16)12(10)14(2)13-8/h3-5H,6-7H2,1-2H3,(H,15,16). The number of aryl methyl sites for hydroxylation is 3. The van der Waals surface area contributed by atoms with Crippen LogP contribution in [0.2, 0.25) is 0 Å². The molecular formula is C12H14N2O2. The van der Waals surface area contributed by atoms with Crippen LogP contribution >= 0.6 is 0 Å². The Bertz CT molecular complexity index is 543. The quantitative estimate of drug-likeness (QED) is 0.856. The third-order valence-electron chi connectivity index (χ3n) is 2.74. The summed E-state index contributed by atoms with van der Waals surface area (Å²) in [5.41, 5.74) is 3.07. The van der Waals surface area contributed by atoms with Gasteiger partial charge in [-0.3, -0.25) is 9.48 Å². The highest BCUT2D eigenvalue weighted by molar-refractivity contribution is 5.85. The molecule has 0 aliphatic rings. The third-order valence-corrected chi connectivity index (χ3v) is 2.74. The molecular weight excluding hydrogens is 204 g/mol. The second-order valence-corrected chi connectivity index (χ2v) is 3.92. The number of carboxylic acid groups (broad SMARTS) is 1. The number of aliphatic carboxylic acids is 1. The van der Waals surface area contributed by atoms with Crippen molar-refractivity contribution in [2.45, 2.75) is 19.8 Å². The van der Waals surface area contributed by atoms with Gasteiger partial charge in [0.2, 0.25) is 0 Å². The van der Waals surface area contributed by atoms with Gasteiger partial charge in [-0.25, -0.2) is 0 Å². The van der Waals surface area contributed by atoms with Crippen LogP contribution in [0.5, 0.6) is 0 Å². The van der Waals surface area contributed by atoms with Crippen LogP contribution in [0.15, 0.2) is 18.2 Å². The molecule has 4 nitrogen and oxygen atoms in total. The van der Waals surface area contributed by atoms with Crippen LogP contribution in [-0.2, 0) is 18.3 Å². The van der Waals surface area contributed by atoms with Gasteiger partial charge in [-0.1, -0.05) is 18.2 Å². The fourth-order valence-electron chi connectivity index (χ4n) is 2.04. The van der Waals surface area contributed by atoms with Crippen molar-refractivity contribution in [3.05, 3.63) is 29.5 Å². The van der Waals surface area contributed by atoms with Crippen LogP contribution in [-0.4, -0.2) is 20.9 Å². The number of fused-ring (bicyclic) bond motifs is 1. The van der Waals surface area contributed by atoms with Gasteiger partial charge in [0, 0.05) is 18.9 Å². The van der Waals surface area contributed by atoms with Crippen molar-refractivity contribution in [1.29, 1.82) is 0 Å². The smallest absolute Gasteiger partial charge is 0.303 e. The third kappa shape index (κ3) is 1.78. The van der Waals surface area contributed by atoms with Crippen molar-refractivity contribution < 1.29 is 9.90 Å². The highest BCUT2D eigenvalue weighted by Gasteiger charge is 2.09. The van der Waals surface area contributed by atoms with Crippen molar-refractivity contribution in [2.24, 2.45) is 7.05 Å². The largest absolute Gasteiger partial charge is 0.481 e. The summed E-state index contributed by atoms with van der Waals surface area (Å²) in [7, 11) is 1.89. The van der Waals surface area contributed by atoms with Crippen molar-refractivity contribution in [1.82, 2.24) is 9.78 Å². The first-order valence-corrected chi connectivity index (χ1v) is 5.22. The Hall–Kier alpha value is -1.84. The average Bonchev–Trinajstić information content (AvgIpc) is 2.52. The maximum Gasteiger partial charge on any atom is 0.303 e. The lowest BCUT2D eigenvalue weighted by atomic mass is 10.1. The number of nitrogens with zero attached hydrogens (tertiary/aromatic N) is 2. The van der Waals surface area contributed by atoms with E-state index >= 15 is 0 Å². The summed E-state index contributed by atoms with van der Waals surface area (Å²) >= 11 is 0. The molecule has 0 radical (unpaired) electrons. The Morgan fingerprint density at radius 2 is 2.25 bits per heavy atom. The number of benzene rings is 1. The molecule has 0 atom stereocenters. The normalized spacial score (nSPS) is 10.9. The number of carboxylic acids is 1. The molecule has 4 heteroatoms. The zero-order valence-electron chi connectivity index (χ0n) is 9.40. The molecule has 0 bridgehead atoms. The summed E-state index contributed by atoms with van der Waals surface area (Å²) in [6.45, 7) is 1.96. The lowest BCUT2D eigenvalue weighted by Crippen LogP contribution is -2.00. The molecule has 0 saturated carbocycles. The summed E-state index contributed by atoms with van der Waals surface area (Å²) in [6.07, 6.45) is 0.703. The fraction of sp³-hybridized carbons (Fsp3) is 0.333. The number of hydrogen-bond donors (Lipinski definition) is 1. The first-order valence-electron chi connectivity index (χ1n) is 5.22. The molecule has 0 unspecified atom stereocenters. The molecule has 0 aliphatic heterocycles. The van der Waals surface area contributed by atoms with E-state index in [1.165, 1.54) is 0 Å². The highest BCUT2D eigenvalue weighted by Crippen LogP contribution is 2.22. The van der Waals surface area contributed by atoms with Crippen molar-refractivity contribution in [3.8, 4) is 0 Å². The Kier molecular flexibility index (Phi) is 2.64. The second-order valence-electron chi connectivity index (χ2n) is 3.92. The molecule has 0 aliphatic carbocycles. The first kappa shape index (κ1) is 10.7. The second kappa shape index (κ2) is 3.96. The number of rotatable bonds is 3. The predicted molar refractivity (Wildman–Crippen MR) is 61.4 cm³/mol. The molecule has 1 N–H and O–H groups in total. The molecule has 1 heterocycles. The molecule has 1 aromatic carbocycles. The average molecular weight is 218 g/mol. The summed E-state index contributed by atoms with van der Waals surface area (Å²) in [5, 5.41) is 14.1. The van der Waals surface area contributed by atoms with Gasteiger partial charge in [-0.15, -0.1) is 0 Å². The van der Waals surface area contributed by atoms with E-state index in [0.29, 0.717) is 6.42 Å². The van der Waals surface area contributed by atoms with Gasteiger partial charge < -0.3 is 5.11 Å². The summed E-state index contributed by atoms with van der Waals surface area (Å²) in [4.78, 5) is 10.6. The van der Waals surface area contributed by atoms with E-state index in [0.717, 1.165) is 22.2 Å². The van der Waals surface area contributed by atoms with Gasteiger partial charge in [0.15, 0.2) is 0 Å². The lowest BCUT2D eigenvalue weighted by Gasteiger charge is -2.03. The Labute approximate surface area is 93.5 Å². The van der Waals surface area contributed by atoms with E-state index in [4.69, 9.17) is 5.11 Å². The molecule has 2 aromatic rings. The van der Waals surface area contributed by atoms with Gasteiger partial charge in [0.1, 0.15) is 0 Å². The van der Waals surface area contributed by atoms with Gasteiger partial charge in [-0.2, -0.15) is 5.10 Å². The molecule has 0 fully saturated rings. The minimum absolute atomic E-state index is 0.156. The maximum absolute atomic E-state index is 10.6. The van der Waals surface area contributed by atoms with Crippen molar-refractivity contribution >= 4 is 16.9 Å². The first-order chi connectivity index (χ1) is 7.59. The number of carbonyl (C=O) groups is 1. The molecule has 84 valence electrons. The van der Waals surface area contributed by atoms with Crippen LogP contribution in [0.1, 0.15) is 17.7 Å². The number of para-hydroxylation sites is 1. The van der Waals surface area contributed by atoms with Gasteiger partial charge in [0.25, 0.3) is 0 Å². The number of hydrogen-bond acceptors (Lipinski definition) is 2. The van der Waals surface area contributed by atoms with Crippen LogP contribution in [0.3, 0.4) is 0 Å². The molecule has 16 heavy (non-hydrogen) atoms. The van der Waals surface area contributed by atoms with Crippen molar-refractivity contribution in [3.63, 3.8) is 0 Å². The Balaban J connectivity index is 2.48. The Morgan fingerprint density at radius 1 is 1.50 bits per heavy atom. The van der Waals surface area contributed by atoms with Crippen LogP contribution in [0.25, 0.3) is 10.9 Å². The van der Waals surface area contributed by atoms with E-state index in [1.807, 2.05) is 36.9 Å². The van der Waals surface area contributed by atoms with E-state index in [9.17, 15) is 4.79 Å². The highest BCUT2D eigenvalue weighted by atomic mass is 16.4. The zero-order valence-corrected chi connectivity index (χ0v) is 9.40. The molecule has 0 saturated heterocycles. The molecule has 2 rings (SSSR count).